The summed E-state index contributed by atoms with van der Waals surface area (Å²) in [5.41, 5.74) is 0. The molecule has 4 heteroatoms. The summed E-state index contributed by atoms with van der Waals surface area (Å²) in [5, 5.41) is 3.49. The maximum atomic E-state index is 10.8. The second kappa shape index (κ2) is 4.21. The summed E-state index contributed by atoms with van der Waals surface area (Å²) in [7, 11) is 0. The van der Waals surface area contributed by atoms with Gasteiger partial charge in [-0.05, 0) is 19.1 Å². The Kier molecular flexibility index (Phi) is 3.52. The molecule has 1 aliphatic rings. The summed E-state index contributed by atoms with van der Waals surface area (Å²) < 4.78 is 0. The molecule has 64 valence electrons. The van der Waals surface area contributed by atoms with Crippen LogP contribution in [0.15, 0.2) is 0 Å². The molecule has 0 aromatic carbocycles. The lowest BCUT2D eigenvalue weighted by molar-refractivity contribution is -0.119. The van der Waals surface area contributed by atoms with E-state index in [9.17, 15) is 4.79 Å². The van der Waals surface area contributed by atoms with Crippen LogP contribution < -0.4 is 5.32 Å². The van der Waals surface area contributed by atoms with Crippen LogP contribution in [0.4, 0.5) is 0 Å². The average molecular weight is 194 g/mol. The Hall–Kier alpha value is 0.110. The van der Waals surface area contributed by atoms with E-state index in [1.165, 1.54) is 6.42 Å². The third-order valence-corrected chi connectivity index (χ3v) is 3.39. The molecule has 0 radical (unpaired) electrons. The predicted octanol–water partition coefficient (Wildman–Crippen LogP) is 1.24. The number of carbonyl (C=O) groups excluding carboxylic acids is 1. The number of rotatable bonds is 3. The van der Waals surface area contributed by atoms with Gasteiger partial charge in [0, 0.05) is 11.3 Å². The van der Waals surface area contributed by atoms with Crippen LogP contribution in [0.1, 0.15) is 12.8 Å². The van der Waals surface area contributed by atoms with E-state index in [1.807, 2.05) is 11.8 Å². The number of halogens is 1. The van der Waals surface area contributed by atoms with Crippen molar-refractivity contribution in [3.8, 4) is 0 Å². The van der Waals surface area contributed by atoms with E-state index in [-0.39, 0.29) is 11.8 Å². The lowest BCUT2D eigenvalue weighted by Crippen LogP contribution is -2.49. The molecule has 1 N–H and O–H groups in total. The van der Waals surface area contributed by atoms with Gasteiger partial charge in [0.25, 0.3) is 0 Å². The first-order chi connectivity index (χ1) is 5.27. The Labute approximate surface area is 76.1 Å². The van der Waals surface area contributed by atoms with Gasteiger partial charge in [-0.2, -0.15) is 11.8 Å². The lowest BCUT2D eigenvalue weighted by Gasteiger charge is -2.35. The first-order valence-corrected chi connectivity index (χ1v) is 5.48. The van der Waals surface area contributed by atoms with Crippen LogP contribution in [-0.4, -0.2) is 29.3 Å². The van der Waals surface area contributed by atoms with Crippen molar-refractivity contribution in [1.82, 2.24) is 5.32 Å². The number of amides is 1. The van der Waals surface area contributed by atoms with Gasteiger partial charge < -0.3 is 5.32 Å². The molecule has 0 aromatic heterocycles. The summed E-state index contributed by atoms with van der Waals surface area (Å²) in [5.74, 6) is 0.0350. The van der Waals surface area contributed by atoms with E-state index >= 15 is 0 Å². The van der Waals surface area contributed by atoms with E-state index in [0.29, 0.717) is 11.3 Å². The van der Waals surface area contributed by atoms with Crippen LogP contribution in [0, 0.1) is 0 Å². The van der Waals surface area contributed by atoms with Gasteiger partial charge in [0.2, 0.25) is 5.91 Å². The molecule has 0 spiro atoms. The minimum absolute atomic E-state index is 0.0459. The molecular formula is C7H12ClNOS. The number of nitrogens with one attached hydrogen (secondary N) is 1. The smallest absolute Gasteiger partial charge is 0.235 e. The lowest BCUT2D eigenvalue weighted by atomic mass is 9.92. The molecule has 0 aromatic rings. The number of hydrogen-bond donors (Lipinski definition) is 1. The Morgan fingerprint density at radius 1 is 1.73 bits per heavy atom. The molecule has 0 heterocycles. The maximum absolute atomic E-state index is 10.8. The van der Waals surface area contributed by atoms with Gasteiger partial charge in [-0.15, -0.1) is 11.6 Å². The highest BCUT2D eigenvalue weighted by Crippen LogP contribution is 2.29. The van der Waals surface area contributed by atoms with Gasteiger partial charge >= 0.3 is 0 Å². The zero-order chi connectivity index (χ0) is 8.27. The molecule has 2 atom stereocenters. The molecule has 1 fully saturated rings. The second-order valence-electron chi connectivity index (χ2n) is 2.66. The fourth-order valence-corrected chi connectivity index (χ4v) is 2.14. The zero-order valence-electron chi connectivity index (χ0n) is 6.47. The molecular weight excluding hydrogens is 182 g/mol. The highest BCUT2D eigenvalue weighted by molar-refractivity contribution is 7.99. The zero-order valence-corrected chi connectivity index (χ0v) is 8.04. The first kappa shape index (κ1) is 9.20. The molecule has 1 aliphatic carbocycles. The van der Waals surface area contributed by atoms with Crippen molar-refractivity contribution in [2.75, 3.05) is 12.1 Å². The van der Waals surface area contributed by atoms with Crippen LogP contribution >= 0.6 is 23.4 Å². The van der Waals surface area contributed by atoms with Crippen molar-refractivity contribution in [3.05, 3.63) is 0 Å². The maximum Gasteiger partial charge on any atom is 0.235 e. The Balaban J connectivity index is 2.21. The van der Waals surface area contributed by atoms with Crippen LogP contribution in [0.5, 0.6) is 0 Å². The average Bonchev–Trinajstić information content (AvgIpc) is 1.98. The number of thioether (sulfide) groups is 1. The van der Waals surface area contributed by atoms with Gasteiger partial charge in [0.05, 0.1) is 0 Å². The molecule has 2 nitrogen and oxygen atoms in total. The van der Waals surface area contributed by atoms with Crippen LogP contribution in [0.2, 0.25) is 0 Å². The molecule has 1 rings (SSSR count). The van der Waals surface area contributed by atoms with Gasteiger partial charge in [-0.25, -0.2) is 0 Å². The Morgan fingerprint density at radius 3 is 2.82 bits per heavy atom. The van der Waals surface area contributed by atoms with Gasteiger partial charge in [-0.3, -0.25) is 4.79 Å². The molecule has 1 amide bonds. The summed E-state index contributed by atoms with van der Waals surface area (Å²) in [6.45, 7) is 0. The number of alkyl halides is 1. The Bertz CT molecular complexity index is 151. The van der Waals surface area contributed by atoms with Gasteiger partial charge in [-0.1, -0.05) is 0 Å². The van der Waals surface area contributed by atoms with Crippen molar-refractivity contribution in [1.29, 1.82) is 0 Å². The molecule has 0 aliphatic heterocycles. The quantitative estimate of drug-likeness (QED) is 0.684. The topological polar surface area (TPSA) is 29.1 Å². The second-order valence-corrected chi connectivity index (χ2v) is 4.00. The minimum Gasteiger partial charge on any atom is -0.351 e. The molecule has 2 unspecified atom stereocenters. The first-order valence-electron chi connectivity index (χ1n) is 3.66. The SMILES string of the molecule is CSC1CCC1NC(=O)CCl. The number of carbonyl (C=O) groups is 1. The summed E-state index contributed by atoms with van der Waals surface area (Å²) in [6.07, 6.45) is 4.40. The highest BCUT2D eigenvalue weighted by Gasteiger charge is 2.30. The van der Waals surface area contributed by atoms with Crippen LogP contribution in [-0.2, 0) is 4.79 Å². The van der Waals surface area contributed by atoms with Gasteiger partial charge in [0.1, 0.15) is 5.88 Å². The third kappa shape index (κ3) is 2.27. The predicted molar refractivity (Wildman–Crippen MR) is 49.2 cm³/mol. The summed E-state index contributed by atoms with van der Waals surface area (Å²) >= 11 is 7.16. The minimum atomic E-state index is -0.0459. The summed E-state index contributed by atoms with van der Waals surface area (Å²) in [6, 6.07) is 0.372. The van der Waals surface area contributed by atoms with Crippen molar-refractivity contribution >= 4 is 29.3 Å². The van der Waals surface area contributed by atoms with Crippen LogP contribution in [0.25, 0.3) is 0 Å². The van der Waals surface area contributed by atoms with E-state index < -0.39 is 0 Å². The largest absolute Gasteiger partial charge is 0.351 e. The van der Waals surface area contributed by atoms with Crippen molar-refractivity contribution in [3.63, 3.8) is 0 Å². The number of hydrogen-bond acceptors (Lipinski definition) is 2. The van der Waals surface area contributed by atoms with E-state index in [2.05, 4.69) is 11.6 Å². The van der Waals surface area contributed by atoms with Gasteiger partial charge in [0.15, 0.2) is 0 Å². The van der Waals surface area contributed by atoms with Crippen molar-refractivity contribution in [2.24, 2.45) is 0 Å². The highest BCUT2D eigenvalue weighted by atomic mass is 35.5. The van der Waals surface area contributed by atoms with Crippen LogP contribution in [0.3, 0.4) is 0 Å². The standard InChI is InChI=1S/C7H12ClNOS/c1-11-6-3-2-5(6)9-7(10)4-8/h5-6H,2-4H2,1H3,(H,9,10). The molecule has 0 saturated heterocycles. The third-order valence-electron chi connectivity index (χ3n) is 1.98. The molecule has 1 saturated carbocycles. The van der Waals surface area contributed by atoms with E-state index in [4.69, 9.17) is 11.6 Å². The normalized spacial score (nSPS) is 29.3. The van der Waals surface area contributed by atoms with E-state index in [1.54, 1.807) is 0 Å². The summed E-state index contributed by atoms with van der Waals surface area (Å²) in [4.78, 5) is 10.8. The van der Waals surface area contributed by atoms with Crippen molar-refractivity contribution < 1.29 is 4.79 Å². The molecule has 0 bridgehead atoms. The fraction of sp³-hybridized carbons (Fsp3) is 0.857. The molecule has 11 heavy (non-hydrogen) atoms. The monoisotopic (exact) mass is 193 g/mol. The Morgan fingerprint density at radius 2 is 2.45 bits per heavy atom. The fourth-order valence-electron chi connectivity index (χ4n) is 1.16. The van der Waals surface area contributed by atoms with Crippen molar-refractivity contribution in [2.45, 2.75) is 24.1 Å². The van der Waals surface area contributed by atoms with E-state index in [0.717, 1.165) is 6.42 Å².